The predicted octanol–water partition coefficient (Wildman–Crippen LogP) is 3.55. The number of benzene rings is 2. The summed E-state index contributed by atoms with van der Waals surface area (Å²) in [6.07, 6.45) is 0.172. The van der Waals surface area contributed by atoms with Crippen molar-refractivity contribution < 1.29 is 27.6 Å². The molecule has 0 radical (unpaired) electrons. The molecule has 0 N–H and O–H groups in total. The van der Waals surface area contributed by atoms with Crippen LogP contribution >= 0.6 is 0 Å². The van der Waals surface area contributed by atoms with Gasteiger partial charge < -0.3 is 18.9 Å². The third kappa shape index (κ3) is 3.96. The van der Waals surface area contributed by atoms with Gasteiger partial charge in [-0.3, -0.25) is 4.79 Å². The summed E-state index contributed by atoms with van der Waals surface area (Å²) in [5.41, 5.74) is 0.899. The average Bonchev–Trinajstić information content (AvgIpc) is 3.37. The topological polar surface area (TPSA) is 77.7 Å². The fourth-order valence-electron chi connectivity index (χ4n) is 3.40. The van der Waals surface area contributed by atoms with Gasteiger partial charge in [-0.2, -0.15) is 4.98 Å². The Hall–Kier alpha value is -3.49. The molecule has 1 fully saturated rings. The van der Waals surface area contributed by atoms with Crippen LogP contribution in [0.25, 0.3) is 11.4 Å². The van der Waals surface area contributed by atoms with Crippen molar-refractivity contribution in [2.45, 2.75) is 18.9 Å². The maximum Gasteiger partial charge on any atom is 0.232 e. The molecule has 0 bridgehead atoms. The number of hydrogen-bond acceptors (Lipinski definition) is 6. The molecule has 3 aromatic rings. The minimum absolute atomic E-state index is 0.0511. The zero-order chi connectivity index (χ0) is 21.3. The molecule has 1 atom stereocenters. The Kier molecular flexibility index (Phi) is 5.35. The number of halogens is 2. The minimum Gasteiger partial charge on any atom is -0.497 e. The lowest BCUT2D eigenvalue weighted by atomic mass is 10.1. The molecule has 0 spiro atoms. The van der Waals surface area contributed by atoms with E-state index in [9.17, 15) is 13.6 Å². The number of carbonyl (C=O) groups excluding carboxylic acids is 1. The van der Waals surface area contributed by atoms with E-state index in [0.717, 1.165) is 6.07 Å². The number of carbonyl (C=O) groups is 1. The van der Waals surface area contributed by atoms with Crippen LogP contribution in [0.15, 0.2) is 40.9 Å². The number of amides is 1. The molecule has 7 nitrogen and oxygen atoms in total. The van der Waals surface area contributed by atoms with Crippen molar-refractivity contribution in [3.8, 4) is 22.9 Å². The number of nitrogens with zero attached hydrogens (tertiary/aromatic N) is 3. The molecule has 2 heterocycles. The normalized spacial score (nSPS) is 16.2. The fraction of sp³-hybridized carbons (Fsp3) is 0.286. The number of rotatable bonds is 6. The van der Waals surface area contributed by atoms with E-state index in [1.165, 1.54) is 17.0 Å². The standard InChI is InChI=1S/C21H19F2N3O4/c1-28-16-5-13(6-17(9-16)29-2)20-24-21(30-25-20)14-7-19(27)26(11-14)10-12-3-4-15(22)8-18(12)23/h3-6,8-9,14H,7,10-11H2,1-2H3. The van der Waals surface area contributed by atoms with Crippen molar-refractivity contribution in [1.82, 2.24) is 15.0 Å². The molecule has 1 amide bonds. The summed E-state index contributed by atoms with van der Waals surface area (Å²) in [5.74, 6) is 0.0207. The Morgan fingerprint density at radius 3 is 2.53 bits per heavy atom. The van der Waals surface area contributed by atoms with Gasteiger partial charge in [-0.25, -0.2) is 8.78 Å². The van der Waals surface area contributed by atoms with Crippen LogP contribution in [0.5, 0.6) is 11.5 Å². The third-order valence-electron chi connectivity index (χ3n) is 4.99. The summed E-state index contributed by atoms with van der Waals surface area (Å²) >= 11 is 0. The van der Waals surface area contributed by atoms with Crippen LogP contribution in [0.3, 0.4) is 0 Å². The van der Waals surface area contributed by atoms with Crippen LogP contribution in [0.2, 0.25) is 0 Å². The molecule has 0 aliphatic carbocycles. The van der Waals surface area contributed by atoms with E-state index in [2.05, 4.69) is 10.1 Å². The molecule has 0 saturated carbocycles. The molecule has 2 aromatic carbocycles. The van der Waals surface area contributed by atoms with E-state index in [1.807, 2.05) is 0 Å². The molecule has 1 unspecified atom stereocenters. The molecule has 1 saturated heterocycles. The van der Waals surface area contributed by atoms with E-state index in [4.69, 9.17) is 14.0 Å². The second kappa shape index (κ2) is 8.10. The zero-order valence-corrected chi connectivity index (χ0v) is 16.4. The van der Waals surface area contributed by atoms with Crippen molar-refractivity contribution in [2.75, 3.05) is 20.8 Å². The number of methoxy groups -OCH3 is 2. The first-order chi connectivity index (χ1) is 14.5. The molecule has 156 valence electrons. The predicted molar refractivity (Wildman–Crippen MR) is 102 cm³/mol. The molecular weight excluding hydrogens is 396 g/mol. The van der Waals surface area contributed by atoms with Crippen LogP contribution in [0.1, 0.15) is 23.8 Å². The summed E-state index contributed by atoms with van der Waals surface area (Å²) in [6, 6.07) is 8.54. The second-order valence-corrected chi connectivity index (χ2v) is 6.97. The molecule has 9 heteroatoms. The van der Waals surface area contributed by atoms with Gasteiger partial charge >= 0.3 is 0 Å². The van der Waals surface area contributed by atoms with Gasteiger partial charge in [0.25, 0.3) is 0 Å². The van der Waals surface area contributed by atoms with Gasteiger partial charge in [0.1, 0.15) is 23.1 Å². The van der Waals surface area contributed by atoms with Crippen molar-refractivity contribution in [3.63, 3.8) is 0 Å². The van der Waals surface area contributed by atoms with Gasteiger partial charge in [0.15, 0.2) is 0 Å². The highest BCUT2D eigenvalue weighted by Crippen LogP contribution is 2.32. The van der Waals surface area contributed by atoms with Gasteiger partial charge in [0, 0.05) is 42.8 Å². The van der Waals surface area contributed by atoms with Gasteiger partial charge in [-0.15, -0.1) is 0 Å². The van der Waals surface area contributed by atoms with Crippen LogP contribution < -0.4 is 9.47 Å². The molecule has 1 aliphatic rings. The van der Waals surface area contributed by atoms with E-state index in [-0.39, 0.29) is 30.4 Å². The summed E-state index contributed by atoms with van der Waals surface area (Å²) in [5, 5.41) is 4.01. The van der Waals surface area contributed by atoms with Crippen LogP contribution in [-0.2, 0) is 11.3 Å². The Labute approximate surface area is 171 Å². The lowest BCUT2D eigenvalue weighted by Gasteiger charge is -2.16. The van der Waals surface area contributed by atoms with Crippen molar-refractivity contribution in [2.24, 2.45) is 0 Å². The highest BCUT2D eigenvalue weighted by Gasteiger charge is 2.34. The Bertz CT molecular complexity index is 1060. The molecule has 1 aliphatic heterocycles. The maximum atomic E-state index is 13.9. The minimum atomic E-state index is -0.682. The highest BCUT2D eigenvalue weighted by molar-refractivity contribution is 5.79. The summed E-state index contributed by atoms with van der Waals surface area (Å²) < 4.78 is 42.9. The molecule has 1 aromatic heterocycles. The fourth-order valence-corrected chi connectivity index (χ4v) is 3.40. The number of hydrogen-bond donors (Lipinski definition) is 0. The first-order valence-electron chi connectivity index (χ1n) is 9.25. The third-order valence-corrected chi connectivity index (χ3v) is 4.99. The molecule has 30 heavy (non-hydrogen) atoms. The van der Waals surface area contributed by atoms with Crippen LogP contribution in [0.4, 0.5) is 8.78 Å². The monoisotopic (exact) mass is 415 g/mol. The van der Waals surface area contributed by atoms with Gasteiger partial charge in [0.2, 0.25) is 17.6 Å². The molecule has 4 rings (SSSR count). The van der Waals surface area contributed by atoms with E-state index in [1.54, 1.807) is 32.4 Å². The maximum absolute atomic E-state index is 13.9. The zero-order valence-electron chi connectivity index (χ0n) is 16.4. The Balaban J connectivity index is 1.51. The number of aromatic nitrogens is 2. The van der Waals surface area contributed by atoms with E-state index < -0.39 is 11.6 Å². The lowest BCUT2D eigenvalue weighted by molar-refractivity contribution is -0.128. The van der Waals surface area contributed by atoms with E-state index in [0.29, 0.717) is 35.3 Å². The second-order valence-electron chi connectivity index (χ2n) is 6.97. The number of likely N-dealkylation sites (tertiary alicyclic amines) is 1. The highest BCUT2D eigenvalue weighted by atomic mass is 19.1. The summed E-state index contributed by atoms with van der Waals surface area (Å²) in [7, 11) is 3.09. The smallest absolute Gasteiger partial charge is 0.232 e. The first-order valence-corrected chi connectivity index (χ1v) is 9.25. The van der Waals surface area contributed by atoms with Gasteiger partial charge in [-0.1, -0.05) is 11.2 Å². The Morgan fingerprint density at radius 2 is 1.87 bits per heavy atom. The van der Waals surface area contributed by atoms with E-state index >= 15 is 0 Å². The lowest BCUT2D eigenvalue weighted by Crippen LogP contribution is -2.25. The van der Waals surface area contributed by atoms with Crippen LogP contribution in [-0.4, -0.2) is 41.7 Å². The molecular formula is C21H19F2N3O4. The van der Waals surface area contributed by atoms with Crippen LogP contribution in [0, 0.1) is 11.6 Å². The van der Waals surface area contributed by atoms with Crippen molar-refractivity contribution in [1.29, 1.82) is 0 Å². The Morgan fingerprint density at radius 1 is 1.13 bits per heavy atom. The van der Waals surface area contributed by atoms with Crippen molar-refractivity contribution >= 4 is 5.91 Å². The SMILES string of the molecule is COc1cc(OC)cc(-c2noc(C3CC(=O)N(Cc4ccc(F)cc4F)C3)n2)c1. The average molecular weight is 415 g/mol. The summed E-state index contributed by atoms with van der Waals surface area (Å²) in [4.78, 5) is 18.3. The van der Waals surface area contributed by atoms with Crippen molar-refractivity contribution in [3.05, 3.63) is 59.5 Å². The quantitative estimate of drug-likeness (QED) is 0.613. The first kappa shape index (κ1) is 19.8. The summed E-state index contributed by atoms with van der Waals surface area (Å²) in [6.45, 7) is 0.355. The van der Waals surface area contributed by atoms with Gasteiger partial charge in [-0.05, 0) is 18.2 Å². The largest absolute Gasteiger partial charge is 0.497 e. The van der Waals surface area contributed by atoms with Gasteiger partial charge in [0.05, 0.1) is 20.1 Å². The number of ether oxygens (including phenoxy) is 2.